The van der Waals surface area contributed by atoms with E-state index in [9.17, 15) is 4.79 Å². The molecule has 1 heterocycles. The maximum atomic E-state index is 12.7. The summed E-state index contributed by atoms with van der Waals surface area (Å²) in [5.74, 6) is 1.64. The molecule has 31 heavy (non-hydrogen) atoms. The molecule has 0 bridgehead atoms. The summed E-state index contributed by atoms with van der Waals surface area (Å²) in [4.78, 5) is 14.5. The van der Waals surface area contributed by atoms with Crippen LogP contribution < -0.4 is 20.1 Å². The molecule has 0 radical (unpaired) electrons. The zero-order valence-corrected chi connectivity index (χ0v) is 18.2. The smallest absolute Gasteiger partial charge is 0.227 e. The highest BCUT2D eigenvalue weighted by Crippen LogP contribution is 2.36. The average Bonchev–Trinajstić information content (AvgIpc) is 3.20. The van der Waals surface area contributed by atoms with E-state index in [4.69, 9.17) is 20.5 Å². The maximum Gasteiger partial charge on any atom is 0.227 e. The van der Waals surface area contributed by atoms with Gasteiger partial charge in [0.1, 0.15) is 0 Å². The van der Waals surface area contributed by atoms with Gasteiger partial charge in [-0.05, 0) is 48.2 Å². The summed E-state index contributed by atoms with van der Waals surface area (Å²) >= 11 is 0. The number of nitriles is 1. The lowest BCUT2D eigenvalue weighted by molar-refractivity contribution is -0.117. The van der Waals surface area contributed by atoms with Crippen molar-refractivity contribution in [2.75, 3.05) is 25.2 Å². The van der Waals surface area contributed by atoms with E-state index < -0.39 is 0 Å². The molecule has 1 saturated heterocycles. The van der Waals surface area contributed by atoms with E-state index in [1.165, 1.54) is 0 Å². The van der Waals surface area contributed by atoms with Crippen LogP contribution in [-0.4, -0.2) is 26.2 Å². The van der Waals surface area contributed by atoms with Gasteiger partial charge in [0, 0.05) is 37.5 Å². The fourth-order valence-electron chi connectivity index (χ4n) is 3.93. The Morgan fingerprint density at radius 2 is 1.97 bits per heavy atom. The molecular weight excluding hydrogens is 390 g/mol. The zero-order valence-electron chi connectivity index (χ0n) is 18.2. The minimum atomic E-state index is 0.105. The van der Waals surface area contributed by atoms with Gasteiger partial charge in [-0.3, -0.25) is 4.79 Å². The molecule has 1 amide bonds. The van der Waals surface area contributed by atoms with Crippen molar-refractivity contribution in [1.29, 1.82) is 5.26 Å². The van der Waals surface area contributed by atoms with Crippen LogP contribution in [0.25, 0.3) is 0 Å². The lowest BCUT2D eigenvalue weighted by Gasteiger charge is -2.18. The molecule has 164 valence electrons. The Balaban J connectivity index is 1.64. The fourth-order valence-corrected chi connectivity index (χ4v) is 3.93. The number of ether oxygens (including phenoxy) is 2. The highest BCUT2D eigenvalue weighted by molar-refractivity contribution is 5.96. The number of nitrogens with zero attached hydrogens (tertiary/aromatic N) is 2. The lowest BCUT2D eigenvalue weighted by atomic mass is 9.98. The summed E-state index contributed by atoms with van der Waals surface area (Å²) < 4.78 is 11.5. The number of carbonyl (C=O) groups excluding carboxylic acids is 1. The van der Waals surface area contributed by atoms with Crippen molar-refractivity contribution in [2.24, 2.45) is 5.73 Å². The molecule has 6 nitrogen and oxygen atoms in total. The Labute approximate surface area is 184 Å². The molecular formula is C25H31N3O3. The van der Waals surface area contributed by atoms with Crippen LogP contribution in [0.2, 0.25) is 0 Å². The summed E-state index contributed by atoms with van der Waals surface area (Å²) in [5, 5.41) is 8.59. The van der Waals surface area contributed by atoms with Crippen molar-refractivity contribution >= 4 is 11.6 Å². The number of hydrogen-bond acceptors (Lipinski definition) is 5. The van der Waals surface area contributed by atoms with Crippen LogP contribution in [0.5, 0.6) is 11.5 Å². The number of rotatable bonds is 11. The first-order valence-electron chi connectivity index (χ1n) is 10.9. The number of benzene rings is 2. The number of carbonyl (C=O) groups is 1. The molecule has 2 N–H and O–H groups in total. The van der Waals surface area contributed by atoms with Crippen molar-refractivity contribution in [3.8, 4) is 17.6 Å². The molecule has 2 aromatic carbocycles. The predicted octanol–water partition coefficient (Wildman–Crippen LogP) is 4.53. The lowest BCUT2D eigenvalue weighted by Crippen LogP contribution is -2.24. The van der Waals surface area contributed by atoms with E-state index in [1.54, 1.807) is 7.11 Å². The number of amides is 1. The van der Waals surface area contributed by atoms with Crippen molar-refractivity contribution in [3.63, 3.8) is 0 Å². The summed E-state index contributed by atoms with van der Waals surface area (Å²) in [6.45, 7) is 1.70. The SMILES string of the molecule is COc1ccc([C@H]2CC(=O)N(c3cccc(CN)c3)C2)cc1OCCCCCCC#N. The van der Waals surface area contributed by atoms with Crippen LogP contribution in [0.15, 0.2) is 42.5 Å². The third-order valence-electron chi connectivity index (χ3n) is 5.68. The molecule has 1 aliphatic rings. The number of nitrogens with two attached hydrogens (primary N) is 1. The van der Waals surface area contributed by atoms with Gasteiger partial charge >= 0.3 is 0 Å². The molecule has 0 aliphatic carbocycles. The summed E-state index contributed by atoms with van der Waals surface area (Å²) in [6, 6.07) is 16.0. The number of methoxy groups -OCH3 is 1. The Morgan fingerprint density at radius 1 is 1.13 bits per heavy atom. The Hall–Kier alpha value is -3.04. The van der Waals surface area contributed by atoms with Crippen molar-refractivity contribution in [2.45, 2.75) is 51.0 Å². The van der Waals surface area contributed by atoms with Crippen molar-refractivity contribution in [1.82, 2.24) is 0 Å². The summed E-state index contributed by atoms with van der Waals surface area (Å²) in [7, 11) is 1.63. The van der Waals surface area contributed by atoms with Gasteiger partial charge in [0.25, 0.3) is 0 Å². The third-order valence-corrected chi connectivity index (χ3v) is 5.68. The van der Waals surface area contributed by atoms with Crippen LogP contribution in [0, 0.1) is 11.3 Å². The molecule has 1 aliphatic heterocycles. The summed E-state index contributed by atoms with van der Waals surface area (Å²) in [6.07, 6.45) is 5.04. The van der Waals surface area contributed by atoms with Crippen LogP contribution in [-0.2, 0) is 11.3 Å². The first kappa shape index (κ1) is 22.6. The first-order chi connectivity index (χ1) is 15.2. The van der Waals surface area contributed by atoms with Crippen molar-refractivity contribution < 1.29 is 14.3 Å². The van der Waals surface area contributed by atoms with Gasteiger partial charge in [-0.2, -0.15) is 5.26 Å². The maximum absolute atomic E-state index is 12.7. The van der Waals surface area contributed by atoms with Gasteiger partial charge in [-0.25, -0.2) is 0 Å². The van der Waals surface area contributed by atoms with E-state index in [-0.39, 0.29) is 11.8 Å². The first-order valence-corrected chi connectivity index (χ1v) is 10.9. The van der Waals surface area contributed by atoms with Crippen LogP contribution in [0.4, 0.5) is 5.69 Å². The Bertz CT molecular complexity index is 922. The fraction of sp³-hybridized carbons (Fsp3) is 0.440. The molecule has 0 aromatic heterocycles. The normalized spacial score (nSPS) is 15.7. The second-order valence-corrected chi connectivity index (χ2v) is 7.86. The Kier molecular flexibility index (Phi) is 8.31. The summed E-state index contributed by atoms with van der Waals surface area (Å²) in [5.41, 5.74) is 8.75. The highest BCUT2D eigenvalue weighted by atomic mass is 16.5. The van der Waals surface area contributed by atoms with Crippen LogP contribution in [0.3, 0.4) is 0 Å². The second-order valence-electron chi connectivity index (χ2n) is 7.86. The average molecular weight is 422 g/mol. The van der Waals surface area contributed by atoms with E-state index in [2.05, 4.69) is 6.07 Å². The monoisotopic (exact) mass is 421 g/mol. The minimum absolute atomic E-state index is 0.105. The second kappa shape index (κ2) is 11.4. The molecule has 0 spiro atoms. The Morgan fingerprint density at radius 3 is 2.74 bits per heavy atom. The zero-order chi connectivity index (χ0) is 22.1. The standard InChI is InChI=1S/C25H31N3O3/c1-30-23-11-10-20(15-24(23)31-13-6-4-2-3-5-12-26)21-16-25(29)28(18-21)22-9-7-8-19(14-22)17-27/h7-11,14-15,21H,2-6,13,16-18,27H2,1H3/t21-/m0/s1. The van der Waals surface area contributed by atoms with Gasteiger partial charge in [-0.1, -0.05) is 31.0 Å². The van der Waals surface area contributed by atoms with Gasteiger partial charge in [-0.15, -0.1) is 0 Å². The van der Waals surface area contributed by atoms with Crippen molar-refractivity contribution in [3.05, 3.63) is 53.6 Å². The molecule has 2 aromatic rings. The van der Waals surface area contributed by atoms with E-state index >= 15 is 0 Å². The quantitative estimate of drug-likeness (QED) is 0.539. The molecule has 3 rings (SSSR count). The minimum Gasteiger partial charge on any atom is -0.493 e. The topological polar surface area (TPSA) is 88.6 Å². The van der Waals surface area contributed by atoms with Gasteiger partial charge in [0.05, 0.1) is 19.8 Å². The number of anilines is 1. The van der Waals surface area contributed by atoms with E-state index in [1.807, 2.05) is 47.4 Å². The van der Waals surface area contributed by atoms with Crippen LogP contribution in [0.1, 0.15) is 55.6 Å². The van der Waals surface area contributed by atoms with Gasteiger partial charge in [0.15, 0.2) is 11.5 Å². The van der Waals surface area contributed by atoms with Crippen LogP contribution >= 0.6 is 0 Å². The van der Waals surface area contributed by atoms with Gasteiger partial charge in [0.2, 0.25) is 5.91 Å². The largest absolute Gasteiger partial charge is 0.493 e. The molecule has 1 fully saturated rings. The van der Waals surface area contributed by atoms with E-state index in [0.29, 0.717) is 44.0 Å². The third kappa shape index (κ3) is 5.99. The molecule has 1 atom stereocenters. The highest BCUT2D eigenvalue weighted by Gasteiger charge is 2.32. The number of unbranched alkanes of at least 4 members (excludes halogenated alkanes) is 4. The molecule has 6 heteroatoms. The van der Waals surface area contributed by atoms with E-state index in [0.717, 1.165) is 42.5 Å². The number of hydrogen-bond donors (Lipinski definition) is 1. The molecule has 0 unspecified atom stereocenters. The van der Waals surface area contributed by atoms with Gasteiger partial charge < -0.3 is 20.1 Å². The molecule has 0 saturated carbocycles. The predicted molar refractivity (Wildman–Crippen MR) is 121 cm³/mol.